The monoisotopic (exact) mass is 208 g/mol. The van der Waals surface area contributed by atoms with Crippen LogP contribution in [-0.4, -0.2) is 11.9 Å². The van der Waals surface area contributed by atoms with E-state index in [1.54, 1.807) is 6.92 Å². The van der Waals surface area contributed by atoms with Gasteiger partial charge in [-0.05, 0) is 32.9 Å². The minimum atomic E-state index is -0.359. The van der Waals surface area contributed by atoms with Crippen LogP contribution in [-0.2, 0) is 4.79 Å². The Balaban J connectivity index is 0.000000921. The third kappa shape index (κ3) is 5.21. The van der Waals surface area contributed by atoms with Gasteiger partial charge in [-0.3, -0.25) is 4.79 Å². The van der Waals surface area contributed by atoms with Crippen molar-refractivity contribution in [1.29, 1.82) is 0 Å². The fourth-order valence-corrected chi connectivity index (χ4v) is 0.904. The van der Waals surface area contributed by atoms with Gasteiger partial charge < -0.3 is 4.74 Å². The van der Waals surface area contributed by atoms with Gasteiger partial charge in [0.1, 0.15) is 5.75 Å². The van der Waals surface area contributed by atoms with Gasteiger partial charge in [0, 0.05) is 0 Å². The Hall–Kier alpha value is -1.31. The number of hydrogen-bond acceptors (Lipinski definition) is 2. The summed E-state index contributed by atoms with van der Waals surface area (Å²) in [6, 6.07) is 7.66. The first-order valence-electron chi connectivity index (χ1n) is 5.33. The van der Waals surface area contributed by atoms with Crippen molar-refractivity contribution in [3.05, 3.63) is 29.8 Å². The highest BCUT2D eigenvalue weighted by molar-refractivity contribution is 5.80. The Kier molecular flexibility index (Phi) is 6.43. The van der Waals surface area contributed by atoms with Crippen molar-refractivity contribution >= 4 is 5.78 Å². The largest absolute Gasteiger partial charge is 0.483 e. The summed E-state index contributed by atoms with van der Waals surface area (Å²) in [6.07, 6.45) is -0.359. The fourth-order valence-electron chi connectivity index (χ4n) is 0.904. The molecule has 1 unspecified atom stereocenters. The van der Waals surface area contributed by atoms with E-state index in [-0.39, 0.29) is 11.9 Å². The lowest BCUT2D eigenvalue weighted by Crippen LogP contribution is -2.20. The Morgan fingerprint density at radius 1 is 1.20 bits per heavy atom. The predicted molar refractivity (Wildman–Crippen MR) is 63.3 cm³/mol. The van der Waals surface area contributed by atoms with Crippen LogP contribution in [0.1, 0.15) is 33.3 Å². The molecule has 0 saturated heterocycles. The normalized spacial score (nSPS) is 11.0. The average Bonchev–Trinajstić information content (AvgIpc) is 2.24. The lowest BCUT2D eigenvalue weighted by atomic mass is 10.2. The van der Waals surface area contributed by atoms with Gasteiger partial charge in [-0.25, -0.2) is 0 Å². The summed E-state index contributed by atoms with van der Waals surface area (Å²) in [4.78, 5) is 10.9. The molecule has 0 spiro atoms. The van der Waals surface area contributed by atoms with Gasteiger partial charge in [0.05, 0.1) is 0 Å². The van der Waals surface area contributed by atoms with Crippen LogP contribution >= 0.6 is 0 Å². The number of aryl methyl sites for hydroxylation is 1. The molecule has 0 heterocycles. The van der Waals surface area contributed by atoms with E-state index in [1.165, 1.54) is 12.5 Å². The Labute approximate surface area is 92.3 Å². The summed E-state index contributed by atoms with van der Waals surface area (Å²) in [5.74, 6) is 0.786. The summed E-state index contributed by atoms with van der Waals surface area (Å²) in [6.45, 7) is 9.29. The lowest BCUT2D eigenvalue weighted by molar-refractivity contribution is -0.122. The molecule has 0 N–H and O–H groups in total. The van der Waals surface area contributed by atoms with Crippen molar-refractivity contribution in [1.82, 2.24) is 0 Å². The molecule has 1 rings (SSSR count). The molecule has 15 heavy (non-hydrogen) atoms. The number of benzene rings is 1. The fraction of sp³-hybridized carbons (Fsp3) is 0.462. The zero-order valence-electron chi connectivity index (χ0n) is 10.2. The number of carbonyl (C=O) groups excluding carboxylic acids is 1. The smallest absolute Gasteiger partial charge is 0.169 e. The number of rotatable bonds is 3. The molecule has 0 fully saturated rings. The predicted octanol–water partition coefficient (Wildman–Crippen LogP) is 3.38. The van der Waals surface area contributed by atoms with E-state index in [2.05, 4.69) is 0 Å². The van der Waals surface area contributed by atoms with Gasteiger partial charge in [0.25, 0.3) is 0 Å². The molecule has 0 bridgehead atoms. The zero-order chi connectivity index (χ0) is 11.8. The van der Waals surface area contributed by atoms with Crippen molar-refractivity contribution < 1.29 is 9.53 Å². The molecule has 0 aliphatic rings. The highest BCUT2D eigenvalue weighted by Crippen LogP contribution is 2.13. The van der Waals surface area contributed by atoms with Crippen molar-refractivity contribution in [2.24, 2.45) is 0 Å². The van der Waals surface area contributed by atoms with Crippen LogP contribution in [0, 0.1) is 6.92 Å². The van der Waals surface area contributed by atoms with Gasteiger partial charge in [-0.1, -0.05) is 31.5 Å². The quantitative estimate of drug-likeness (QED) is 0.761. The SMILES string of the molecule is CC.CC(=O)C(C)Oc1ccc(C)cc1. The lowest BCUT2D eigenvalue weighted by Gasteiger charge is -2.11. The van der Waals surface area contributed by atoms with Gasteiger partial charge in [0.15, 0.2) is 11.9 Å². The molecule has 0 amide bonds. The number of ether oxygens (including phenoxy) is 1. The number of Topliss-reactive ketones (excluding diaryl/α,β-unsaturated/α-hetero) is 1. The standard InChI is InChI=1S/C11H14O2.C2H6/c1-8-4-6-11(7-5-8)13-10(3)9(2)12;1-2/h4-7,10H,1-3H3;1-2H3. The van der Waals surface area contributed by atoms with Crippen LogP contribution in [0.5, 0.6) is 5.75 Å². The number of carbonyl (C=O) groups is 1. The summed E-state index contributed by atoms with van der Waals surface area (Å²) in [7, 11) is 0. The van der Waals surface area contributed by atoms with E-state index >= 15 is 0 Å². The number of hydrogen-bond donors (Lipinski definition) is 0. The molecule has 2 nitrogen and oxygen atoms in total. The molecule has 0 saturated carbocycles. The molecular formula is C13H20O2. The van der Waals surface area contributed by atoms with E-state index in [0.717, 1.165) is 5.75 Å². The van der Waals surface area contributed by atoms with E-state index in [4.69, 9.17) is 4.74 Å². The number of ketones is 1. The zero-order valence-corrected chi connectivity index (χ0v) is 10.2. The molecule has 0 radical (unpaired) electrons. The first-order chi connectivity index (χ1) is 7.09. The van der Waals surface area contributed by atoms with Gasteiger partial charge in [0.2, 0.25) is 0 Å². The van der Waals surface area contributed by atoms with Crippen LogP contribution in [0.3, 0.4) is 0 Å². The van der Waals surface area contributed by atoms with Gasteiger partial charge >= 0.3 is 0 Å². The van der Waals surface area contributed by atoms with Crippen LogP contribution < -0.4 is 4.74 Å². The summed E-state index contributed by atoms with van der Waals surface area (Å²) < 4.78 is 5.38. The van der Waals surface area contributed by atoms with Crippen molar-refractivity contribution in [2.75, 3.05) is 0 Å². The molecule has 2 heteroatoms. The molecule has 0 aliphatic heterocycles. The van der Waals surface area contributed by atoms with Crippen molar-refractivity contribution in [2.45, 2.75) is 40.7 Å². The highest BCUT2D eigenvalue weighted by atomic mass is 16.5. The Morgan fingerprint density at radius 2 is 1.67 bits per heavy atom. The topological polar surface area (TPSA) is 26.3 Å². The van der Waals surface area contributed by atoms with E-state index in [1.807, 2.05) is 45.0 Å². The van der Waals surface area contributed by atoms with Gasteiger partial charge in [-0.2, -0.15) is 0 Å². The van der Waals surface area contributed by atoms with E-state index < -0.39 is 0 Å². The first kappa shape index (κ1) is 13.7. The third-order valence-corrected chi connectivity index (χ3v) is 1.91. The van der Waals surface area contributed by atoms with Gasteiger partial charge in [-0.15, -0.1) is 0 Å². The maximum Gasteiger partial charge on any atom is 0.169 e. The van der Waals surface area contributed by atoms with Crippen LogP contribution in [0.25, 0.3) is 0 Å². The Morgan fingerprint density at radius 3 is 2.07 bits per heavy atom. The van der Waals surface area contributed by atoms with E-state index in [0.29, 0.717) is 0 Å². The summed E-state index contributed by atoms with van der Waals surface area (Å²) >= 11 is 0. The third-order valence-electron chi connectivity index (χ3n) is 1.91. The van der Waals surface area contributed by atoms with E-state index in [9.17, 15) is 4.79 Å². The molecule has 0 aliphatic carbocycles. The summed E-state index contributed by atoms with van der Waals surface area (Å²) in [5, 5.41) is 0. The maximum atomic E-state index is 10.9. The summed E-state index contributed by atoms with van der Waals surface area (Å²) in [5.41, 5.74) is 1.18. The molecule has 1 atom stereocenters. The molecule has 84 valence electrons. The van der Waals surface area contributed by atoms with Crippen LogP contribution in [0.4, 0.5) is 0 Å². The second kappa shape index (κ2) is 7.04. The first-order valence-corrected chi connectivity index (χ1v) is 5.33. The van der Waals surface area contributed by atoms with Crippen molar-refractivity contribution in [3.8, 4) is 5.75 Å². The average molecular weight is 208 g/mol. The van der Waals surface area contributed by atoms with Crippen LogP contribution in [0.15, 0.2) is 24.3 Å². The minimum absolute atomic E-state index is 0.0422. The van der Waals surface area contributed by atoms with Crippen molar-refractivity contribution in [3.63, 3.8) is 0 Å². The van der Waals surface area contributed by atoms with Crippen LogP contribution in [0.2, 0.25) is 0 Å². The second-order valence-electron chi connectivity index (χ2n) is 3.18. The maximum absolute atomic E-state index is 10.9. The molecule has 0 aromatic heterocycles. The molecule has 1 aromatic rings. The molecular weight excluding hydrogens is 188 g/mol. The minimum Gasteiger partial charge on any atom is -0.483 e. The molecule has 1 aromatic carbocycles. The highest BCUT2D eigenvalue weighted by Gasteiger charge is 2.07. The second-order valence-corrected chi connectivity index (χ2v) is 3.18. The Bertz CT molecular complexity index is 288.